The molecule has 1 aliphatic heterocycles. The van der Waals surface area contributed by atoms with Gasteiger partial charge in [-0.2, -0.15) is 0 Å². The van der Waals surface area contributed by atoms with Crippen molar-refractivity contribution in [1.29, 1.82) is 0 Å². The maximum Gasteiger partial charge on any atom is 0.268 e. The molecule has 0 bridgehead atoms. The summed E-state index contributed by atoms with van der Waals surface area (Å²) in [4.78, 5) is 28.3. The van der Waals surface area contributed by atoms with Gasteiger partial charge in [0.1, 0.15) is 12.4 Å². The van der Waals surface area contributed by atoms with Crippen molar-refractivity contribution in [3.8, 4) is 5.75 Å². The molecular formula is C27H25NO3S. The normalized spacial score (nSPS) is 13.8. The second-order valence-electron chi connectivity index (χ2n) is 7.78. The van der Waals surface area contributed by atoms with Crippen molar-refractivity contribution < 1.29 is 14.3 Å². The predicted octanol–water partition coefficient (Wildman–Crippen LogP) is 5.40. The molecule has 32 heavy (non-hydrogen) atoms. The number of carbonyl (C=O) groups excluding carboxylic acids is 2. The van der Waals surface area contributed by atoms with E-state index in [1.165, 1.54) is 16.7 Å². The lowest BCUT2D eigenvalue weighted by atomic mass is 10.1. The highest BCUT2D eigenvalue weighted by Crippen LogP contribution is 2.37. The average Bonchev–Trinajstić information content (AvgIpc) is 3.02. The van der Waals surface area contributed by atoms with Crippen LogP contribution >= 0.6 is 11.8 Å². The first-order chi connectivity index (χ1) is 15.5. The first-order valence-electron chi connectivity index (χ1n) is 10.6. The van der Waals surface area contributed by atoms with Crippen LogP contribution in [0, 0.1) is 13.8 Å². The summed E-state index contributed by atoms with van der Waals surface area (Å²) in [5.41, 5.74) is 4.57. The molecule has 162 valence electrons. The number of amides is 2. The highest BCUT2D eigenvalue weighted by Gasteiger charge is 2.38. The third-order valence-electron chi connectivity index (χ3n) is 5.19. The Labute approximate surface area is 192 Å². The van der Waals surface area contributed by atoms with Crippen LogP contribution in [0.2, 0.25) is 0 Å². The minimum atomic E-state index is -0.263. The second kappa shape index (κ2) is 9.88. The molecule has 0 N–H and O–H groups in total. The molecule has 0 aliphatic carbocycles. The molecule has 0 fully saturated rings. The summed E-state index contributed by atoms with van der Waals surface area (Å²) in [6, 6.07) is 25.3. The zero-order valence-corrected chi connectivity index (χ0v) is 19.0. The maximum atomic E-state index is 13.3. The third kappa shape index (κ3) is 4.94. The van der Waals surface area contributed by atoms with Gasteiger partial charge < -0.3 is 4.74 Å². The monoisotopic (exact) mass is 443 g/mol. The number of rotatable bonds is 8. The fraction of sp³-hybridized carbons (Fsp3) is 0.185. The van der Waals surface area contributed by atoms with E-state index in [1.54, 1.807) is 0 Å². The van der Waals surface area contributed by atoms with Crippen LogP contribution in [0.15, 0.2) is 83.8 Å². The summed E-state index contributed by atoms with van der Waals surface area (Å²) >= 11 is 1.42. The van der Waals surface area contributed by atoms with Crippen LogP contribution in [-0.4, -0.2) is 29.9 Å². The van der Waals surface area contributed by atoms with Crippen molar-refractivity contribution >= 4 is 29.1 Å². The fourth-order valence-electron chi connectivity index (χ4n) is 3.75. The predicted molar refractivity (Wildman–Crippen MR) is 129 cm³/mol. The molecular weight excluding hydrogens is 418 g/mol. The van der Waals surface area contributed by atoms with Gasteiger partial charge in [0, 0.05) is 5.75 Å². The molecule has 1 aliphatic rings. The van der Waals surface area contributed by atoms with E-state index < -0.39 is 0 Å². The molecule has 0 spiro atoms. The highest BCUT2D eigenvalue weighted by molar-refractivity contribution is 8.03. The minimum absolute atomic E-state index is 0.205. The Kier molecular flexibility index (Phi) is 6.76. The van der Waals surface area contributed by atoms with E-state index in [-0.39, 0.29) is 25.0 Å². The van der Waals surface area contributed by atoms with E-state index in [0.717, 1.165) is 28.0 Å². The third-order valence-corrected chi connectivity index (χ3v) is 6.34. The van der Waals surface area contributed by atoms with Gasteiger partial charge >= 0.3 is 0 Å². The molecule has 0 unspecified atom stereocenters. The Morgan fingerprint density at radius 2 is 1.44 bits per heavy atom. The lowest BCUT2D eigenvalue weighted by molar-refractivity contribution is -0.136. The molecule has 0 saturated carbocycles. The van der Waals surface area contributed by atoms with Crippen molar-refractivity contribution in [1.82, 2.24) is 4.90 Å². The fourth-order valence-corrected chi connectivity index (χ4v) is 4.84. The number of aryl methyl sites for hydroxylation is 2. The number of hydrogen-bond acceptors (Lipinski definition) is 4. The molecule has 1 heterocycles. The van der Waals surface area contributed by atoms with E-state index in [0.29, 0.717) is 16.2 Å². The summed E-state index contributed by atoms with van der Waals surface area (Å²) in [5.74, 6) is 0.856. The quantitative estimate of drug-likeness (QED) is 0.438. The van der Waals surface area contributed by atoms with Crippen molar-refractivity contribution in [3.05, 3.63) is 106 Å². The van der Waals surface area contributed by atoms with E-state index in [2.05, 4.69) is 6.07 Å². The Balaban J connectivity index is 1.51. The zero-order chi connectivity index (χ0) is 22.5. The molecule has 2 amide bonds. The number of ether oxygens (including phenoxy) is 1. The summed E-state index contributed by atoms with van der Waals surface area (Å²) in [5, 5.41) is 0. The Morgan fingerprint density at radius 1 is 0.812 bits per heavy atom. The van der Waals surface area contributed by atoms with Gasteiger partial charge in [-0.25, -0.2) is 0 Å². The van der Waals surface area contributed by atoms with Gasteiger partial charge in [0.2, 0.25) is 0 Å². The number of imide groups is 1. The molecule has 4 rings (SSSR count). The largest absolute Gasteiger partial charge is 0.492 e. The molecule has 0 atom stereocenters. The zero-order valence-electron chi connectivity index (χ0n) is 18.2. The van der Waals surface area contributed by atoms with Crippen molar-refractivity contribution in [2.75, 3.05) is 13.2 Å². The highest BCUT2D eigenvalue weighted by atomic mass is 32.2. The number of nitrogens with zero attached hydrogens (tertiary/aromatic N) is 1. The van der Waals surface area contributed by atoms with Crippen LogP contribution in [0.25, 0.3) is 5.57 Å². The van der Waals surface area contributed by atoms with Crippen molar-refractivity contribution in [2.24, 2.45) is 0 Å². The molecule has 5 heteroatoms. The topological polar surface area (TPSA) is 46.6 Å². The van der Waals surface area contributed by atoms with Crippen LogP contribution in [-0.2, 0) is 15.3 Å². The van der Waals surface area contributed by atoms with Gasteiger partial charge in [-0.1, -0.05) is 66.7 Å². The standard InChI is InChI=1S/C27H25NO3S/c1-19-15-20(2)17-23(16-19)31-14-13-28-26(29)24(22-11-7-4-8-12-22)25(27(28)30)32-18-21-9-5-3-6-10-21/h3-12,15-17H,13-14,18H2,1-2H3. The summed E-state index contributed by atoms with van der Waals surface area (Å²) in [6.07, 6.45) is 0. The van der Waals surface area contributed by atoms with Crippen LogP contribution in [0.5, 0.6) is 5.75 Å². The Morgan fingerprint density at radius 3 is 2.09 bits per heavy atom. The number of benzene rings is 3. The number of hydrogen-bond donors (Lipinski definition) is 0. The number of thioether (sulfide) groups is 1. The average molecular weight is 444 g/mol. The van der Waals surface area contributed by atoms with Gasteiger partial charge in [0.15, 0.2) is 0 Å². The second-order valence-corrected chi connectivity index (χ2v) is 8.76. The van der Waals surface area contributed by atoms with Crippen molar-refractivity contribution in [2.45, 2.75) is 19.6 Å². The molecule has 0 radical (unpaired) electrons. The van der Waals surface area contributed by atoms with Gasteiger partial charge in [-0.3, -0.25) is 14.5 Å². The van der Waals surface area contributed by atoms with E-state index in [9.17, 15) is 9.59 Å². The van der Waals surface area contributed by atoms with E-state index in [1.807, 2.05) is 86.6 Å². The van der Waals surface area contributed by atoms with Gasteiger partial charge in [0.25, 0.3) is 11.8 Å². The Bertz CT molecular complexity index is 1140. The van der Waals surface area contributed by atoms with E-state index >= 15 is 0 Å². The van der Waals surface area contributed by atoms with E-state index in [4.69, 9.17) is 4.74 Å². The number of carbonyl (C=O) groups is 2. The molecule has 0 saturated heterocycles. The smallest absolute Gasteiger partial charge is 0.268 e. The summed E-state index contributed by atoms with van der Waals surface area (Å²) in [7, 11) is 0. The van der Waals surface area contributed by atoms with Gasteiger partial charge in [-0.05, 0) is 48.2 Å². The van der Waals surface area contributed by atoms with Crippen LogP contribution < -0.4 is 4.74 Å². The Hall–Kier alpha value is -3.31. The molecule has 0 aromatic heterocycles. The van der Waals surface area contributed by atoms with Crippen LogP contribution in [0.1, 0.15) is 22.3 Å². The molecule has 3 aromatic rings. The summed E-state index contributed by atoms with van der Waals surface area (Å²) < 4.78 is 5.86. The summed E-state index contributed by atoms with van der Waals surface area (Å²) in [6.45, 7) is 4.48. The lowest BCUT2D eigenvalue weighted by Crippen LogP contribution is -2.35. The minimum Gasteiger partial charge on any atom is -0.492 e. The lowest BCUT2D eigenvalue weighted by Gasteiger charge is -2.16. The van der Waals surface area contributed by atoms with Crippen LogP contribution in [0.4, 0.5) is 0 Å². The van der Waals surface area contributed by atoms with Gasteiger partial charge in [-0.15, -0.1) is 11.8 Å². The van der Waals surface area contributed by atoms with Crippen LogP contribution in [0.3, 0.4) is 0 Å². The first-order valence-corrected chi connectivity index (χ1v) is 11.5. The SMILES string of the molecule is Cc1cc(C)cc(OCCN2C(=O)C(SCc3ccccc3)=C(c3ccccc3)C2=O)c1. The van der Waals surface area contributed by atoms with Crippen molar-refractivity contribution in [3.63, 3.8) is 0 Å². The van der Waals surface area contributed by atoms with Gasteiger partial charge in [0.05, 0.1) is 17.0 Å². The first kappa shape index (κ1) is 21.9. The maximum absolute atomic E-state index is 13.3. The molecule has 3 aromatic carbocycles. The molecule has 4 nitrogen and oxygen atoms in total.